The fourth-order valence-electron chi connectivity index (χ4n) is 1.97. The monoisotopic (exact) mass is 453 g/mol. The molecule has 2 N–H and O–H groups in total. The lowest BCUT2D eigenvalue weighted by Crippen LogP contribution is -2.40. The summed E-state index contributed by atoms with van der Waals surface area (Å²) in [6, 6.07) is 3.99. The SMILES string of the molecule is CCCCOCCOCCNC(=NC)NC(C)c1ccc(C)o1.I. The van der Waals surface area contributed by atoms with Gasteiger partial charge in [-0.3, -0.25) is 4.99 Å². The summed E-state index contributed by atoms with van der Waals surface area (Å²) in [5.74, 6) is 2.53. The molecular formula is C17H32IN3O3. The van der Waals surface area contributed by atoms with E-state index in [1.165, 1.54) is 0 Å². The van der Waals surface area contributed by atoms with Crippen LogP contribution in [0.5, 0.6) is 0 Å². The molecule has 0 spiro atoms. The van der Waals surface area contributed by atoms with E-state index in [9.17, 15) is 0 Å². The van der Waals surface area contributed by atoms with Crippen LogP contribution in [0, 0.1) is 6.92 Å². The molecule has 1 atom stereocenters. The maximum absolute atomic E-state index is 5.60. The van der Waals surface area contributed by atoms with E-state index in [4.69, 9.17) is 13.9 Å². The normalized spacial score (nSPS) is 12.6. The maximum Gasteiger partial charge on any atom is 0.191 e. The number of guanidine groups is 1. The van der Waals surface area contributed by atoms with Crippen molar-refractivity contribution >= 4 is 29.9 Å². The van der Waals surface area contributed by atoms with Crippen LogP contribution in [0.15, 0.2) is 21.5 Å². The molecule has 6 nitrogen and oxygen atoms in total. The quantitative estimate of drug-likeness (QED) is 0.233. The molecule has 0 aromatic carbocycles. The van der Waals surface area contributed by atoms with Gasteiger partial charge >= 0.3 is 0 Å². The van der Waals surface area contributed by atoms with Crippen molar-refractivity contribution in [3.8, 4) is 0 Å². The third-order valence-corrected chi connectivity index (χ3v) is 3.32. The first-order valence-corrected chi connectivity index (χ1v) is 8.36. The number of nitrogens with zero attached hydrogens (tertiary/aromatic N) is 1. The Morgan fingerprint density at radius 2 is 1.92 bits per heavy atom. The average molecular weight is 453 g/mol. The van der Waals surface area contributed by atoms with Crippen molar-refractivity contribution in [3.05, 3.63) is 23.7 Å². The second-order valence-electron chi connectivity index (χ2n) is 5.39. The lowest BCUT2D eigenvalue weighted by molar-refractivity contribution is 0.0487. The zero-order valence-electron chi connectivity index (χ0n) is 15.3. The molecule has 1 unspecified atom stereocenters. The minimum atomic E-state index is 0. The third kappa shape index (κ3) is 10.1. The van der Waals surface area contributed by atoms with Crippen LogP contribution < -0.4 is 10.6 Å². The number of hydrogen-bond donors (Lipinski definition) is 2. The molecule has 1 aromatic rings. The predicted molar refractivity (Wildman–Crippen MR) is 108 cm³/mol. The molecule has 0 fully saturated rings. The van der Waals surface area contributed by atoms with E-state index in [0.717, 1.165) is 36.9 Å². The number of rotatable bonds is 11. The number of furan rings is 1. The van der Waals surface area contributed by atoms with Crippen molar-refractivity contribution in [3.63, 3.8) is 0 Å². The van der Waals surface area contributed by atoms with E-state index in [0.29, 0.717) is 26.4 Å². The molecule has 0 saturated heterocycles. The van der Waals surface area contributed by atoms with Gasteiger partial charge in [0.1, 0.15) is 11.5 Å². The first-order chi connectivity index (χ1) is 11.2. The molecule has 0 saturated carbocycles. The van der Waals surface area contributed by atoms with Crippen molar-refractivity contribution in [1.82, 2.24) is 10.6 Å². The third-order valence-electron chi connectivity index (χ3n) is 3.32. The summed E-state index contributed by atoms with van der Waals surface area (Å²) < 4.78 is 16.6. The van der Waals surface area contributed by atoms with Crippen molar-refractivity contribution in [2.75, 3.05) is 40.0 Å². The highest BCUT2D eigenvalue weighted by Gasteiger charge is 2.10. The Bertz CT molecular complexity index is 452. The molecule has 7 heteroatoms. The van der Waals surface area contributed by atoms with Crippen molar-refractivity contribution in [1.29, 1.82) is 0 Å². The van der Waals surface area contributed by atoms with Gasteiger partial charge < -0.3 is 24.5 Å². The Morgan fingerprint density at radius 3 is 2.50 bits per heavy atom. The molecule has 1 aromatic heterocycles. The highest BCUT2D eigenvalue weighted by molar-refractivity contribution is 14.0. The topological polar surface area (TPSA) is 68.0 Å². The minimum absolute atomic E-state index is 0. The molecule has 0 radical (unpaired) electrons. The van der Waals surface area contributed by atoms with Crippen LogP contribution >= 0.6 is 24.0 Å². The van der Waals surface area contributed by atoms with E-state index < -0.39 is 0 Å². The molecule has 24 heavy (non-hydrogen) atoms. The van der Waals surface area contributed by atoms with Gasteiger partial charge in [-0.15, -0.1) is 24.0 Å². The van der Waals surface area contributed by atoms with Crippen LogP contribution in [0.4, 0.5) is 0 Å². The van der Waals surface area contributed by atoms with Gasteiger partial charge in [-0.05, 0) is 32.4 Å². The molecule has 1 rings (SSSR count). The highest BCUT2D eigenvalue weighted by Crippen LogP contribution is 2.15. The lowest BCUT2D eigenvalue weighted by atomic mass is 10.2. The molecule has 0 amide bonds. The zero-order chi connectivity index (χ0) is 16.9. The number of unbranched alkanes of at least 4 members (excludes halogenated alkanes) is 1. The van der Waals surface area contributed by atoms with Crippen LogP contribution in [0.3, 0.4) is 0 Å². The minimum Gasteiger partial charge on any atom is -0.464 e. The summed E-state index contributed by atoms with van der Waals surface area (Å²) in [5, 5.41) is 6.51. The Labute approximate surface area is 162 Å². The Balaban J connectivity index is 0.00000529. The zero-order valence-corrected chi connectivity index (χ0v) is 17.6. The predicted octanol–water partition coefficient (Wildman–Crippen LogP) is 3.27. The molecule has 0 aliphatic rings. The first kappa shape index (κ1) is 23.2. The van der Waals surface area contributed by atoms with E-state index >= 15 is 0 Å². The summed E-state index contributed by atoms with van der Waals surface area (Å²) in [4.78, 5) is 4.20. The number of ether oxygens (including phenoxy) is 2. The molecule has 140 valence electrons. The van der Waals surface area contributed by atoms with Crippen LogP contribution in [-0.2, 0) is 9.47 Å². The molecule has 0 bridgehead atoms. The van der Waals surface area contributed by atoms with Gasteiger partial charge in [0, 0.05) is 20.2 Å². The molecule has 0 aliphatic carbocycles. The Kier molecular flexibility index (Phi) is 14.1. The number of hydrogen-bond acceptors (Lipinski definition) is 4. The van der Waals surface area contributed by atoms with Gasteiger partial charge in [0.05, 0.1) is 25.9 Å². The fourth-order valence-corrected chi connectivity index (χ4v) is 1.97. The number of nitrogens with one attached hydrogen (secondary N) is 2. The molecular weight excluding hydrogens is 421 g/mol. The summed E-state index contributed by atoms with van der Waals surface area (Å²) in [6.45, 7) is 9.53. The number of aryl methyl sites for hydroxylation is 1. The van der Waals surface area contributed by atoms with E-state index in [2.05, 4.69) is 22.5 Å². The van der Waals surface area contributed by atoms with Gasteiger partial charge in [0.15, 0.2) is 5.96 Å². The second-order valence-corrected chi connectivity index (χ2v) is 5.39. The fraction of sp³-hybridized carbons (Fsp3) is 0.706. The lowest BCUT2D eigenvalue weighted by Gasteiger charge is -2.16. The molecule has 0 aliphatic heterocycles. The summed E-state index contributed by atoms with van der Waals surface area (Å²) >= 11 is 0. The number of aliphatic imine (C=N–C) groups is 1. The van der Waals surface area contributed by atoms with E-state index in [1.807, 2.05) is 26.0 Å². The van der Waals surface area contributed by atoms with Crippen LogP contribution in [-0.4, -0.2) is 46.0 Å². The van der Waals surface area contributed by atoms with Gasteiger partial charge in [-0.1, -0.05) is 13.3 Å². The first-order valence-electron chi connectivity index (χ1n) is 8.36. The van der Waals surface area contributed by atoms with Gasteiger partial charge in [-0.25, -0.2) is 0 Å². The average Bonchev–Trinajstić information content (AvgIpc) is 2.98. The van der Waals surface area contributed by atoms with Crippen LogP contribution in [0.1, 0.15) is 44.3 Å². The summed E-state index contributed by atoms with van der Waals surface area (Å²) in [5.41, 5.74) is 0. The highest BCUT2D eigenvalue weighted by atomic mass is 127. The Hall–Kier alpha value is -0.800. The van der Waals surface area contributed by atoms with Crippen molar-refractivity contribution in [2.24, 2.45) is 4.99 Å². The van der Waals surface area contributed by atoms with Gasteiger partial charge in [0.2, 0.25) is 0 Å². The maximum atomic E-state index is 5.60. The van der Waals surface area contributed by atoms with E-state index in [-0.39, 0.29) is 30.0 Å². The summed E-state index contributed by atoms with van der Waals surface area (Å²) in [6.07, 6.45) is 2.27. The van der Waals surface area contributed by atoms with Gasteiger partial charge in [-0.2, -0.15) is 0 Å². The van der Waals surface area contributed by atoms with Crippen molar-refractivity contribution < 1.29 is 13.9 Å². The number of halogens is 1. The smallest absolute Gasteiger partial charge is 0.191 e. The van der Waals surface area contributed by atoms with Crippen LogP contribution in [0.2, 0.25) is 0 Å². The summed E-state index contributed by atoms with van der Waals surface area (Å²) in [7, 11) is 1.75. The van der Waals surface area contributed by atoms with Gasteiger partial charge in [0.25, 0.3) is 0 Å². The van der Waals surface area contributed by atoms with Crippen molar-refractivity contribution in [2.45, 2.75) is 39.7 Å². The largest absolute Gasteiger partial charge is 0.464 e. The second kappa shape index (κ2) is 14.5. The van der Waals surface area contributed by atoms with E-state index in [1.54, 1.807) is 7.05 Å². The standard InChI is InChI=1S/C17H31N3O3.HI/c1-5-6-10-21-12-13-22-11-9-19-17(18-4)20-15(3)16-8-7-14(2)23-16;/h7-8,15H,5-6,9-13H2,1-4H3,(H2,18,19,20);1H. The Morgan fingerprint density at radius 1 is 1.21 bits per heavy atom. The molecule has 1 heterocycles. The van der Waals surface area contributed by atoms with Crippen LogP contribution in [0.25, 0.3) is 0 Å².